The van der Waals surface area contributed by atoms with E-state index in [4.69, 9.17) is 23.2 Å². The number of anilines is 3. The van der Waals surface area contributed by atoms with Gasteiger partial charge in [-0.25, -0.2) is 0 Å². The largest absolute Gasteiger partial charge is 0.326 e. The second-order valence-corrected chi connectivity index (χ2v) is 8.59. The van der Waals surface area contributed by atoms with Crippen molar-refractivity contribution in [3.63, 3.8) is 0 Å². The fraction of sp³-hybridized carbons (Fsp3) is 0.0870. The van der Waals surface area contributed by atoms with Crippen LogP contribution in [0.25, 0.3) is 0 Å². The third-order valence-electron chi connectivity index (χ3n) is 4.15. The molecule has 0 aliphatic heterocycles. The molecule has 3 rings (SSSR count). The Morgan fingerprint density at radius 1 is 0.781 bits per heavy atom. The molecule has 164 valence electrons. The van der Waals surface area contributed by atoms with Crippen LogP contribution in [-0.4, -0.2) is 23.5 Å². The van der Waals surface area contributed by atoms with Crippen molar-refractivity contribution < 1.29 is 14.4 Å². The lowest BCUT2D eigenvalue weighted by atomic mass is 10.2. The summed E-state index contributed by atoms with van der Waals surface area (Å²) >= 11 is 13.3. The first-order valence-electron chi connectivity index (χ1n) is 9.47. The van der Waals surface area contributed by atoms with E-state index >= 15 is 0 Å². The van der Waals surface area contributed by atoms with Crippen LogP contribution < -0.4 is 16.0 Å². The molecule has 0 spiro atoms. The van der Waals surface area contributed by atoms with E-state index in [-0.39, 0.29) is 28.5 Å². The van der Waals surface area contributed by atoms with E-state index in [1.54, 1.807) is 48.5 Å². The van der Waals surface area contributed by atoms with E-state index in [0.717, 1.165) is 4.90 Å². The molecule has 9 heteroatoms. The van der Waals surface area contributed by atoms with Crippen LogP contribution >= 0.6 is 35.0 Å². The van der Waals surface area contributed by atoms with Crippen LogP contribution in [0.4, 0.5) is 17.1 Å². The molecule has 0 radical (unpaired) electrons. The first-order chi connectivity index (χ1) is 15.3. The summed E-state index contributed by atoms with van der Waals surface area (Å²) in [6.07, 6.45) is 0. The molecule has 0 aromatic heterocycles. The Bertz CT molecular complexity index is 1140. The fourth-order valence-electron chi connectivity index (χ4n) is 2.69. The molecular weight excluding hydrogens is 469 g/mol. The highest BCUT2D eigenvalue weighted by Gasteiger charge is 2.11. The van der Waals surface area contributed by atoms with Gasteiger partial charge in [0.2, 0.25) is 11.8 Å². The van der Waals surface area contributed by atoms with Crippen LogP contribution in [0, 0.1) is 0 Å². The minimum atomic E-state index is -0.337. The summed E-state index contributed by atoms with van der Waals surface area (Å²) in [5, 5.41) is 8.99. The molecule has 0 bridgehead atoms. The molecule has 0 aliphatic carbocycles. The van der Waals surface area contributed by atoms with Crippen LogP contribution in [0.15, 0.2) is 71.6 Å². The van der Waals surface area contributed by atoms with Gasteiger partial charge in [0.1, 0.15) is 0 Å². The van der Waals surface area contributed by atoms with E-state index in [0.29, 0.717) is 27.6 Å². The zero-order chi connectivity index (χ0) is 23.1. The topological polar surface area (TPSA) is 87.3 Å². The highest BCUT2D eigenvalue weighted by Crippen LogP contribution is 2.24. The Morgan fingerprint density at radius 3 is 1.94 bits per heavy atom. The summed E-state index contributed by atoms with van der Waals surface area (Å²) in [4.78, 5) is 36.5. The Labute approximate surface area is 199 Å². The Balaban J connectivity index is 1.49. The van der Waals surface area contributed by atoms with Crippen molar-refractivity contribution in [1.82, 2.24) is 0 Å². The van der Waals surface area contributed by atoms with Crippen molar-refractivity contribution in [3.05, 3.63) is 82.3 Å². The molecular formula is C23H19Cl2N3O3S. The number of amides is 3. The lowest BCUT2D eigenvalue weighted by Crippen LogP contribution is -2.14. The van der Waals surface area contributed by atoms with Gasteiger partial charge in [-0.2, -0.15) is 0 Å². The number of nitrogens with one attached hydrogen (secondary N) is 3. The Hall–Kier alpha value is -3.00. The Kier molecular flexibility index (Phi) is 8.16. The van der Waals surface area contributed by atoms with Crippen LogP contribution in [0.2, 0.25) is 10.0 Å². The molecule has 0 fully saturated rings. The van der Waals surface area contributed by atoms with E-state index < -0.39 is 0 Å². The van der Waals surface area contributed by atoms with Crippen molar-refractivity contribution in [2.75, 3.05) is 21.7 Å². The van der Waals surface area contributed by atoms with E-state index in [9.17, 15) is 14.4 Å². The number of hydrogen-bond donors (Lipinski definition) is 3. The van der Waals surface area contributed by atoms with Crippen molar-refractivity contribution >= 4 is 69.7 Å². The molecule has 0 aliphatic rings. The van der Waals surface area contributed by atoms with Gasteiger partial charge >= 0.3 is 0 Å². The highest BCUT2D eigenvalue weighted by molar-refractivity contribution is 8.00. The van der Waals surface area contributed by atoms with Crippen molar-refractivity contribution in [1.29, 1.82) is 0 Å². The van der Waals surface area contributed by atoms with Crippen LogP contribution in [-0.2, 0) is 9.59 Å². The summed E-state index contributed by atoms with van der Waals surface area (Å²) in [6, 6.07) is 18.7. The maximum absolute atomic E-state index is 12.4. The molecule has 3 amide bonds. The fourth-order valence-corrected chi connectivity index (χ4v) is 3.89. The SMILES string of the molecule is CC(=O)Nc1ccc(NC(=O)CSc2ccc(NC(=O)c3ccc(Cl)cc3Cl)cc2)cc1. The molecule has 3 aromatic rings. The van der Waals surface area contributed by atoms with Gasteiger partial charge in [-0.1, -0.05) is 23.2 Å². The van der Waals surface area contributed by atoms with Crippen molar-refractivity contribution in [2.24, 2.45) is 0 Å². The van der Waals surface area contributed by atoms with Gasteiger partial charge in [0.05, 0.1) is 16.3 Å². The number of rotatable bonds is 7. The Morgan fingerprint density at radius 2 is 1.34 bits per heavy atom. The van der Waals surface area contributed by atoms with Crippen molar-refractivity contribution in [3.8, 4) is 0 Å². The van der Waals surface area contributed by atoms with Gasteiger partial charge in [-0.15, -0.1) is 11.8 Å². The molecule has 6 nitrogen and oxygen atoms in total. The normalized spacial score (nSPS) is 10.3. The molecule has 0 atom stereocenters. The van der Waals surface area contributed by atoms with Crippen LogP contribution in [0.5, 0.6) is 0 Å². The molecule has 3 aromatic carbocycles. The molecule has 3 N–H and O–H groups in total. The molecule has 0 heterocycles. The van der Waals surface area contributed by atoms with E-state index in [1.165, 1.54) is 24.8 Å². The molecule has 0 unspecified atom stereocenters. The van der Waals surface area contributed by atoms with Gasteiger partial charge in [0.15, 0.2) is 0 Å². The minimum Gasteiger partial charge on any atom is -0.326 e. The maximum atomic E-state index is 12.4. The van der Waals surface area contributed by atoms with Gasteiger partial charge in [0.25, 0.3) is 5.91 Å². The standard InChI is InChI=1S/C23H19Cl2N3O3S/c1-14(29)26-16-3-5-17(6-4-16)27-22(30)13-32-19-9-7-18(8-10-19)28-23(31)20-11-2-15(24)12-21(20)25/h2-12H,13H2,1H3,(H,26,29)(H,27,30)(H,28,31). The summed E-state index contributed by atoms with van der Waals surface area (Å²) < 4.78 is 0. The zero-order valence-corrected chi connectivity index (χ0v) is 19.3. The molecule has 0 saturated heterocycles. The number of carbonyl (C=O) groups is 3. The van der Waals surface area contributed by atoms with Gasteiger partial charge in [-0.05, 0) is 66.7 Å². The smallest absolute Gasteiger partial charge is 0.257 e. The van der Waals surface area contributed by atoms with E-state index in [2.05, 4.69) is 16.0 Å². The van der Waals surface area contributed by atoms with Crippen LogP contribution in [0.3, 0.4) is 0 Å². The molecule has 0 saturated carbocycles. The van der Waals surface area contributed by atoms with E-state index in [1.807, 2.05) is 12.1 Å². The number of hydrogen-bond acceptors (Lipinski definition) is 4. The minimum absolute atomic E-state index is 0.155. The number of carbonyl (C=O) groups excluding carboxylic acids is 3. The molecule has 32 heavy (non-hydrogen) atoms. The highest BCUT2D eigenvalue weighted by atomic mass is 35.5. The average Bonchev–Trinajstić information content (AvgIpc) is 2.74. The van der Waals surface area contributed by atoms with Gasteiger partial charge in [-0.3, -0.25) is 14.4 Å². The zero-order valence-electron chi connectivity index (χ0n) is 16.9. The predicted molar refractivity (Wildman–Crippen MR) is 131 cm³/mol. The lowest BCUT2D eigenvalue weighted by molar-refractivity contribution is -0.114. The summed E-state index contributed by atoms with van der Waals surface area (Å²) in [5.41, 5.74) is 2.24. The maximum Gasteiger partial charge on any atom is 0.257 e. The van der Waals surface area contributed by atoms with Crippen molar-refractivity contribution in [2.45, 2.75) is 11.8 Å². The average molecular weight is 488 g/mol. The monoisotopic (exact) mass is 487 g/mol. The lowest BCUT2D eigenvalue weighted by Gasteiger charge is -2.09. The summed E-state index contributed by atoms with van der Waals surface area (Å²) in [6.45, 7) is 1.43. The number of halogens is 2. The summed E-state index contributed by atoms with van der Waals surface area (Å²) in [7, 11) is 0. The van der Waals surface area contributed by atoms with Gasteiger partial charge < -0.3 is 16.0 Å². The number of thioether (sulfide) groups is 1. The quantitative estimate of drug-likeness (QED) is 0.360. The van der Waals surface area contributed by atoms with Gasteiger partial charge in [0, 0.05) is 33.9 Å². The first kappa shape index (κ1) is 23.7. The second-order valence-electron chi connectivity index (χ2n) is 6.70. The first-order valence-corrected chi connectivity index (χ1v) is 11.2. The van der Waals surface area contributed by atoms with Crippen LogP contribution in [0.1, 0.15) is 17.3 Å². The third kappa shape index (κ3) is 7.02. The number of benzene rings is 3. The second kappa shape index (κ2) is 11.0. The summed E-state index contributed by atoms with van der Waals surface area (Å²) in [5.74, 6) is -0.426. The predicted octanol–water partition coefficient (Wildman–Crippen LogP) is 5.93. The third-order valence-corrected chi connectivity index (χ3v) is 5.71.